The normalized spacial score (nSPS) is 15.1. The fourth-order valence-corrected chi connectivity index (χ4v) is 2.97. The molecule has 0 bridgehead atoms. The molecule has 0 saturated heterocycles. The molecule has 1 aromatic heterocycles. The number of pyridine rings is 1. The van der Waals surface area contributed by atoms with Crippen LogP contribution in [0.2, 0.25) is 0 Å². The molecule has 0 unspecified atom stereocenters. The van der Waals surface area contributed by atoms with Gasteiger partial charge < -0.3 is 5.73 Å². The molecule has 3 rings (SSSR count). The van der Waals surface area contributed by atoms with Gasteiger partial charge in [0.15, 0.2) is 0 Å². The predicted molar refractivity (Wildman–Crippen MR) is 76.9 cm³/mol. The topological polar surface area (TPSA) is 38.9 Å². The lowest BCUT2D eigenvalue weighted by molar-refractivity contribution is 0.672. The van der Waals surface area contributed by atoms with Gasteiger partial charge in [-0.1, -0.05) is 32.0 Å². The van der Waals surface area contributed by atoms with E-state index in [1.807, 2.05) is 0 Å². The maximum Gasteiger partial charge on any atom is 0.0760 e. The summed E-state index contributed by atoms with van der Waals surface area (Å²) < 4.78 is 0. The summed E-state index contributed by atoms with van der Waals surface area (Å²) in [5.74, 6) is 0.488. The number of para-hydroxylation sites is 1. The number of nitrogens with two attached hydrogens (primary N) is 1. The Morgan fingerprint density at radius 2 is 1.94 bits per heavy atom. The third-order valence-electron chi connectivity index (χ3n) is 3.99. The lowest BCUT2D eigenvalue weighted by Crippen LogP contribution is -2.10. The Labute approximate surface area is 108 Å². The predicted octanol–water partition coefficient (Wildman–Crippen LogP) is 3.82. The van der Waals surface area contributed by atoms with Crippen molar-refractivity contribution in [2.75, 3.05) is 5.73 Å². The standard InChI is InChI=1S/C16H20N2/c1-10(2)11-7-5-8-13-15(17)12-6-3-4-9-14(12)18-16(11)13/h5,7-8,10H,3-4,6,9H2,1-2H3,(H2,17,18). The molecular weight excluding hydrogens is 220 g/mol. The minimum atomic E-state index is 0.488. The van der Waals surface area contributed by atoms with E-state index >= 15 is 0 Å². The van der Waals surface area contributed by atoms with Crippen LogP contribution in [0, 0.1) is 0 Å². The fraction of sp³-hybridized carbons (Fsp3) is 0.438. The van der Waals surface area contributed by atoms with Gasteiger partial charge in [-0.25, -0.2) is 0 Å². The molecule has 0 fully saturated rings. The van der Waals surface area contributed by atoms with E-state index in [1.54, 1.807) is 0 Å². The molecule has 0 atom stereocenters. The Kier molecular flexibility index (Phi) is 2.73. The summed E-state index contributed by atoms with van der Waals surface area (Å²) in [4.78, 5) is 4.92. The monoisotopic (exact) mass is 240 g/mol. The highest BCUT2D eigenvalue weighted by atomic mass is 14.7. The Morgan fingerprint density at radius 3 is 2.72 bits per heavy atom. The largest absolute Gasteiger partial charge is 0.398 e. The summed E-state index contributed by atoms with van der Waals surface area (Å²) in [6.07, 6.45) is 4.67. The van der Waals surface area contributed by atoms with Crippen LogP contribution >= 0.6 is 0 Å². The molecule has 2 N–H and O–H groups in total. The van der Waals surface area contributed by atoms with Crippen molar-refractivity contribution in [3.05, 3.63) is 35.0 Å². The quantitative estimate of drug-likeness (QED) is 0.823. The van der Waals surface area contributed by atoms with E-state index < -0.39 is 0 Å². The Morgan fingerprint density at radius 1 is 1.17 bits per heavy atom. The zero-order valence-electron chi connectivity index (χ0n) is 11.2. The molecule has 0 saturated carbocycles. The summed E-state index contributed by atoms with van der Waals surface area (Å²) in [6, 6.07) is 6.39. The second-order valence-corrected chi connectivity index (χ2v) is 5.56. The van der Waals surface area contributed by atoms with Crippen molar-refractivity contribution in [3.8, 4) is 0 Å². The van der Waals surface area contributed by atoms with Crippen LogP contribution in [0.1, 0.15) is 49.4 Å². The summed E-state index contributed by atoms with van der Waals surface area (Å²) in [5, 5.41) is 1.14. The molecule has 1 aliphatic carbocycles. The zero-order chi connectivity index (χ0) is 12.7. The van der Waals surface area contributed by atoms with Gasteiger partial charge in [-0.2, -0.15) is 0 Å². The highest BCUT2D eigenvalue weighted by Crippen LogP contribution is 2.34. The van der Waals surface area contributed by atoms with Gasteiger partial charge in [-0.3, -0.25) is 4.98 Å². The van der Waals surface area contributed by atoms with E-state index in [4.69, 9.17) is 10.7 Å². The van der Waals surface area contributed by atoms with Crippen LogP contribution in [0.5, 0.6) is 0 Å². The number of benzene rings is 1. The number of nitrogen functional groups attached to an aromatic ring is 1. The molecule has 0 aliphatic heterocycles. The van der Waals surface area contributed by atoms with Crippen LogP contribution < -0.4 is 5.73 Å². The highest BCUT2D eigenvalue weighted by Gasteiger charge is 2.18. The first-order valence-electron chi connectivity index (χ1n) is 6.88. The van der Waals surface area contributed by atoms with Crippen molar-refractivity contribution >= 4 is 16.6 Å². The second kappa shape index (κ2) is 4.27. The van der Waals surface area contributed by atoms with Crippen molar-refractivity contribution in [3.63, 3.8) is 0 Å². The van der Waals surface area contributed by atoms with E-state index in [9.17, 15) is 0 Å². The molecule has 0 spiro atoms. The molecule has 94 valence electrons. The van der Waals surface area contributed by atoms with Gasteiger partial charge in [0.1, 0.15) is 0 Å². The minimum absolute atomic E-state index is 0.488. The molecule has 1 aliphatic rings. The second-order valence-electron chi connectivity index (χ2n) is 5.56. The van der Waals surface area contributed by atoms with Crippen LogP contribution in [-0.2, 0) is 12.8 Å². The number of aromatic nitrogens is 1. The Hall–Kier alpha value is -1.57. The fourth-order valence-electron chi connectivity index (χ4n) is 2.97. The van der Waals surface area contributed by atoms with Crippen molar-refractivity contribution in [1.29, 1.82) is 0 Å². The highest BCUT2D eigenvalue weighted by molar-refractivity contribution is 5.94. The van der Waals surface area contributed by atoms with Gasteiger partial charge in [-0.05, 0) is 42.7 Å². The lowest BCUT2D eigenvalue weighted by Gasteiger charge is -2.20. The van der Waals surface area contributed by atoms with Gasteiger partial charge in [0.25, 0.3) is 0 Å². The van der Waals surface area contributed by atoms with Gasteiger partial charge in [0, 0.05) is 16.8 Å². The van der Waals surface area contributed by atoms with E-state index in [0.717, 1.165) is 29.4 Å². The molecule has 1 heterocycles. The van der Waals surface area contributed by atoms with E-state index in [2.05, 4.69) is 32.0 Å². The van der Waals surface area contributed by atoms with Crippen LogP contribution in [-0.4, -0.2) is 4.98 Å². The third-order valence-corrected chi connectivity index (χ3v) is 3.99. The number of hydrogen-bond acceptors (Lipinski definition) is 2. The molecular formula is C16H20N2. The van der Waals surface area contributed by atoms with Crippen molar-refractivity contribution < 1.29 is 0 Å². The number of anilines is 1. The number of nitrogens with zero attached hydrogens (tertiary/aromatic N) is 1. The smallest absolute Gasteiger partial charge is 0.0760 e. The molecule has 0 radical (unpaired) electrons. The van der Waals surface area contributed by atoms with Gasteiger partial charge >= 0.3 is 0 Å². The van der Waals surface area contributed by atoms with Crippen LogP contribution in [0.15, 0.2) is 18.2 Å². The van der Waals surface area contributed by atoms with Gasteiger partial charge in [0.2, 0.25) is 0 Å². The molecule has 18 heavy (non-hydrogen) atoms. The summed E-state index contributed by atoms with van der Waals surface area (Å²) in [7, 11) is 0. The molecule has 2 nitrogen and oxygen atoms in total. The Bertz CT molecular complexity index is 600. The maximum atomic E-state index is 6.37. The molecule has 1 aromatic carbocycles. The average molecular weight is 240 g/mol. The zero-order valence-corrected chi connectivity index (χ0v) is 11.2. The first kappa shape index (κ1) is 11.5. The van der Waals surface area contributed by atoms with E-state index in [-0.39, 0.29) is 0 Å². The first-order chi connectivity index (χ1) is 8.68. The SMILES string of the molecule is CC(C)c1cccc2c(N)c3c(nc12)CCCC3. The van der Waals surface area contributed by atoms with E-state index in [0.29, 0.717) is 5.92 Å². The molecule has 2 heteroatoms. The van der Waals surface area contributed by atoms with Crippen LogP contribution in [0.4, 0.5) is 5.69 Å². The number of fused-ring (bicyclic) bond motifs is 2. The Balaban J connectivity index is 2.34. The summed E-state index contributed by atoms with van der Waals surface area (Å²) in [5.41, 5.74) is 12.3. The third kappa shape index (κ3) is 1.67. The summed E-state index contributed by atoms with van der Waals surface area (Å²) >= 11 is 0. The van der Waals surface area contributed by atoms with Gasteiger partial charge in [-0.15, -0.1) is 0 Å². The molecule has 2 aromatic rings. The van der Waals surface area contributed by atoms with Gasteiger partial charge in [0.05, 0.1) is 5.52 Å². The number of hydrogen-bond donors (Lipinski definition) is 1. The lowest BCUT2D eigenvalue weighted by atomic mass is 9.91. The van der Waals surface area contributed by atoms with Crippen molar-refractivity contribution in [2.45, 2.75) is 45.4 Å². The molecule has 0 amide bonds. The van der Waals surface area contributed by atoms with Crippen molar-refractivity contribution in [2.24, 2.45) is 0 Å². The van der Waals surface area contributed by atoms with Crippen LogP contribution in [0.3, 0.4) is 0 Å². The van der Waals surface area contributed by atoms with Crippen molar-refractivity contribution in [1.82, 2.24) is 4.98 Å². The minimum Gasteiger partial charge on any atom is -0.398 e. The number of aryl methyl sites for hydroxylation is 1. The summed E-state index contributed by atoms with van der Waals surface area (Å²) in [6.45, 7) is 4.43. The maximum absolute atomic E-state index is 6.37. The van der Waals surface area contributed by atoms with Crippen LogP contribution in [0.25, 0.3) is 10.9 Å². The average Bonchev–Trinajstić information content (AvgIpc) is 2.38. The number of rotatable bonds is 1. The first-order valence-corrected chi connectivity index (χ1v) is 6.88. The van der Waals surface area contributed by atoms with E-state index in [1.165, 1.54) is 29.7 Å².